The predicted octanol–water partition coefficient (Wildman–Crippen LogP) is 3.22. The zero-order valence-electron chi connectivity index (χ0n) is 17.8. The first kappa shape index (κ1) is 20.9. The molecular formula is C24H28N4O3. The molecular weight excluding hydrogens is 392 g/mol. The second-order valence-corrected chi connectivity index (χ2v) is 8.02. The lowest BCUT2D eigenvalue weighted by atomic mass is 10.1. The highest BCUT2D eigenvalue weighted by Crippen LogP contribution is 2.30. The number of nitrogens with one attached hydrogen (secondary N) is 1. The van der Waals surface area contributed by atoms with Gasteiger partial charge in [0.05, 0.1) is 12.3 Å². The van der Waals surface area contributed by atoms with Crippen LogP contribution in [0.3, 0.4) is 0 Å². The van der Waals surface area contributed by atoms with Crippen LogP contribution >= 0.6 is 0 Å². The van der Waals surface area contributed by atoms with Gasteiger partial charge in [0.25, 0.3) is 0 Å². The Morgan fingerprint density at radius 1 is 1.13 bits per heavy atom. The Balaban J connectivity index is 1.15. The molecule has 1 N–H and O–H groups in total. The molecule has 7 nitrogen and oxygen atoms in total. The van der Waals surface area contributed by atoms with Gasteiger partial charge in [-0.1, -0.05) is 30.3 Å². The summed E-state index contributed by atoms with van der Waals surface area (Å²) in [7, 11) is 1.86. The van der Waals surface area contributed by atoms with E-state index >= 15 is 0 Å². The van der Waals surface area contributed by atoms with Gasteiger partial charge in [0.2, 0.25) is 17.8 Å². The van der Waals surface area contributed by atoms with Gasteiger partial charge in [-0.25, -0.2) is 4.99 Å². The van der Waals surface area contributed by atoms with Crippen LogP contribution in [0, 0.1) is 0 Å². The summed E-state index contributed by atoms with van der Waals surface area (Å²) in [5, 5.41) is 2.77. The molecule has 7 heteroatoms. The maximum atomic E-state index is 12.3. The highest BCUT2D eigenvalue weighted by Gasteiger charge is 2.29. The van der Waals surface area contributed by atoms with Crippen LogP contribution in [0.4, 0.5) is 5.69 Å². The number of unbranched alkanes of at least 4 members (excludes halogenated alkanes) is 2. The second kappa shape index (κ2) is 9.64. The van der Waals surface area contributed by atoms with Crippen molar-refractivity contribution in [3.63, 3.8) is 0 Å². The Morgan fingerprint density at radius 2 is 1.97 bits per heavy atom. The van der Waals surface area contributed by atoms with E-state index in [1.807, 2.05) is 60.5 Å². The highest BCUT2D eigenvalue weighted by atomic mass is 16.5. The summed E-state index contributed by atoms with van der Waals surface area (Å²) in [5.41, 5.74) is 3.08. The fraction of sp³-hybridized carbons (Fsp3) is 0.375. The van der Waals surface area contributed by atoms with Gasteiger partial charge in [0, 0.05) is 32.1 Å². The zero-order chi connectivity index (χ0) is 21.6. The number of guanidine groups is 1. The third kappa shape index (κ3) is 5.42. The summed E-state index contributed by atoms with van der Waals surface area (Å²) in [6, 6.07) is 15.9. The molecule has 0 atom stereocenters. The van der Waals surface area contributed by atoms with Crippen LogP contribution in [-0.2, 0) is 22.7 Å². The molecule has 0 unspecified atom stereocenters. The van der Waals surface area contributed by atoms with Gasteiger partial charge in [0.1, 0.15) is 12.3 Å². The number of carbonyl (C=O) groups excluding carboxylic acids is 2. The summed E-state index contributed by atoms with van der Waals surface area (Å²) < 4.78 is 5.89. The first-order chi connectivity index (χ1) is 15.1. The van der Waals surface area contributed by atoms with Crippen molar-refractivity contribution in [1.82, 2.24) is 15.1 Å². The van der Waals surface area contributed by atoms with E-state index in [0.717, 1.165) is 41.8 Å². The number of benzene rings is 2. The molecule has 31 heavy (non-hydrogen) atoms. The van der Waals surface area contributed by atoms with E-state index in [4.69, 9.17) is 4.74 Å². The van der Waals surface area contributed by atoms with Crippen LogP contribution in [0.15, 0.2) is 53.5 Å². The van der Waals surface area contributed by atoms with Crippen molar-refractivity contribution in [2.24, 2.45) is 4.99 Å². The number of aliphatic imine (C=N–C) groups is 1. The van der Waals surface area contributed by atoms with E-state index in [0.29, 0.717) is 38.6 Å². The fourth-order valence-corrected chi connectivity index (χ4v) is 3.81. The van der Waals surface area contributed by atoms with Gasteiger partial charge < -0.3 is 14.5 Å². The van der Waals surface area contributed by atoms with Gasteiger partial charge in [0.15, 0.2) is 0 Å². The number of ether oxygens (including phenoxy) is 1. The number of nitrogens with zero attached hydrogens (tertiary/aromatic N) is 3. The molecule has 2 aromatic carbocycles. The van der Waals surface area contributed by atoms with E-state index in [9.17, 15) is 9.59 Å². The molecule has 0 spiro atoms. The van der Waals surface area contributed by atoms with Crippen molar-refractivity contribution in [3.05, 3.63) is 59.7 Å². The lowest BCUT2D eigenvalue weighted by Crippen LogP contribution is -2.31. The molecule has 2 aliphatic heterocycles. The first-order valence-corrected chi connectivity index (χ1v) is 10.8. The van der Waals surface area contributed by atoms with Crippen LogP contribution in [0.1, 0.15) is 36.8 Å². The summed E-state index contributed by atoms with van der Waals surface area (Å²) in [4.78, 5) is 32.0. The van der Waals surface area contributed by atoms with Crippen molar-refractivity contribution in [2.45, 2.75) is 38.8 Å². The van der Waals surface area contributed by atoms with Crippen LogP contribution in [0.5, 0.6) is 5.75 Å². The van der Waals surface area contributed by atoms with E-state index in [1.54, 1.807) is 4.90 Å². The minimum absolute atomic E-state index is 0.0206. The molecule has 2 aliphatic rings. The molecule has 2 heterocycles. The first-order valence-electron chi connectivity index (χ1n) is 10.8. The van der Waals surface area contributed by atoms with Crippen molar-refractivity contribution < 1.29 is 14.3 Å². The average Bonchev–Trinajstić information content (AvgIpc) is 3.13. The molecule has 0 bridgehead atoms. The Labute approximate surface area is 182 Å². The largest absolute Gasteiger partial charge is 0.494 e. The third-order valence-electron chi connectivity index (χ3n) is 5.52. The molecule has 1 fully saturated rings. The zero-order valence-corrected chi connectivity index (χ0v) is 17.8. The number of hydrogen-bond acceptors (Lipinski definition) is 5. The average molecular weight is 421 g/mol. The number of carbonyl (C=O) groups is 2. The van der Waals surface area contributed by atoms with Crippen LogP contribution in [0.25, 0.3) is 0 Å². The molecule has 0 radical (unpaired) electrons. The van der Waals surface area contributed by atoms with Gasteiger partial charge in [-0.3, -0.25) is 14.9 Å². The van der Waals surface area contributed by atoms with Crippen molar-refractivity contribution in [3.8, 4) is 5.75 Å². The van der Waals surface area contributed by atoms with E-state index in [1.165, 1.54) is 0 Å². The Bertz CT molecular complexity index is 974. The highest BCUT2D eigenvalue weighted by molar-refractivity contribution is 6.05. The topological polar surface area (TPSA) is 74.2 Å². The molecule has 1 saturated heterocycles. The lowest BCUT2D eigenvalue weighted by Gasteiger charge is -2.23. The summed E-state index contributed by atoms with van der Waals surface area (Å²) >= 11 is 0. The summed E-state index contributed by atoms with van der Waals surface area (Å²) in [5.74, 6) is 1.60. The maximum Gasteiger partial charge on any atom is 0.246 e. The fourth-order valence-electron chi connectivity index (χ4n) is 3.81. The van der Waals surface area contributed by atoms with Gasteiger partial charge in [-0.05, 0) is 43.0 Å². The second-order valence-electron chi connectivity index (χ2n) is 8.02. The van der Waals surface area contributed by atoms with Crippen LogP contribution < -0.4 is 10.1 Å². The SMILES string of the molecule is CN(Cc1ccccc1)C(=O)CCCCCOc1ccc2c(c1)CN1CC(=O)NC1=N2. The molecule has 0 saturated carbocycles. The molecule has 162 valence electrons. The standard InChI is InChI=1S/C24H28N4O3/c1-27(15-18-8-4-2-5-9-18)23(30)10-6-3-7-13-31-20-11-12-21-19(14-20)16-28-17-22(29)26-24(28)25-21/h2,4-5,8-9,11-12,14H,3,6-7,10,13,15-17H2,1H3,(H,25,26,29). The molecule has 2 aromatic rings. The minimum atomic E-state index is -0.0206. The van der Waals surface area contributed by atoms with Crippen molar-refractivity contribution >= 4 is 23.5 Å². The molecule has 0 aliphatic carbocycles. The van der Waals surface area contributed by atoms with Crippen molar-refractivity contribution in [2.75, 3.05) is 20.2 Å². The molecule has 2 amide bonds. The number of amides is 2. The van der Waals surface area contributed by atoms with E-state index in [-0.39, 0.29) is 11.8 Å². The smallest absolute Gasteiger partial charge is 0.246 e. The quantitative estimate of drug-likeness (QED) is 0.632. The third-order valence-corrected chi connectivity index (χ3v) is 5.52. The molecule has 4 rings (SSSR count). The Hall–Kier alpha value is -3.35. The minimum Gasteiger partial charge on any atom is -0.494 e. The van der Waals surface area contributed by atoms with Crippen LogP contribution in [-0.4, -0.2) is 47.8 Å². The van der Waals surface area contributed by atoms with E-state index in [2.05, 4.69) is 10.3 Å². The van der Waals surface area contributed by atoms with Gasteiger partial charge >= 0.3 is 0 Å². The van der Waals surface area contributed by atoms with Gasteiger partial charge in [-0.15, -0.1) is 0 Å². The normalized spacial score (nSPS) is 14.4. The number of fused-ring (bicyclic) bond motifs is 2. The summed E-state index contributed by atoms with van der Waals surface area (Å²) in [6.07, 6.45) is 3.27. The maximum absolute atomic E-state index is 12.3. The van der Waals surface area contributed by atoms with Crippen LogP contribution in [0.2, 0.25) is 0 Å². The van der Waals surface area contributed by atoms with Gasteiger partial charge in [-0.2, -0.15) is 0 Å². The molecule has 0 aromatic heterocycles. The van der Waals surface area contributed by atoms with Crippen molar-refractivity contribution in [1.29, 1.82) is 0 Å². The number of hydrogen-bond donors (Lipinski definition) is 1. The number of rotatable bonds is 9. The monoisotopic (exact) mass is 420 g/mol. The Morgan fingerprint density at radius 3 is 2.81 bits per heavy atom. The predicted molar refractivity (Wildman–Crippen MR) is 119 cm³/mol. The Kier molecular flexibility index (Phi) is 6.50. The summed E-state index contributed by atoms with van der Waals surface area (Å²) in [6.45, 7) is 2.27. The van der Waals surface area contributed by atoms with E-state index < -0.39 is 0 Å². The lowest BCUT2D eigenvalue weighted by molar-refractivity contribution is -0.130.